The van der Waals surface area contributed by atoms with Gasteiger partial charge in [-0.2, -0.15) is 0 Å². The Morgan fingerprint density at radius 2 is 2.03 bits per heavy atom. The highest BCUT2D eigenvalue weighted by atomic mass is 19.1. The molecule has 3 aliphatic carbocycles. The number of carbonyl (C=O) groups is 1. The van der Waals surface area contributed by atoms with E-state index in [4.69, 9.17) is 0 Å². The van der Waals surface area contributed by atoms with E-state index in [0.717, 1.165) is 36.6 Å². The van der Waals surface area contributed by atoms with Crippen molar-refractivity contribution in [1.29, 1.82) is 0 Å². The molecule has 0 aliphatic heterocycles. The second-order valence-corrected chi connectivity index (χ2v) is 8.55. The maximum atomic E-state index is 14.7. The molecule has 4 aromatic rings. The highest BCUT2D eigenvalue weighted by Gasteiger charge is 2.47. The normalized spacial score (nSPS) is 25.3. The van der Waals surface area contributed by atoms with Gasteiger partial charge >= 0.3 is 5.97 Å². The van der Waals surface area contributed by atoms with Crippen LogP contribution in [-0.2, 0) is 4.79 Å². The first kappa shape index (κ1) is 18.3. The lowest BCUT2D eigenvalue weighted by Crippen LogP contribution is -2.51. The summed E-state index contributed by atoms with van der Waals surface area (Å²) in [6.07, 6.45) is 8.88. The van der Waals surface area contributed by atoms with Crippen LogP contribution < -0.4 is 5.32 Å². The second-order valence-electron chi connectivity index (χ2n) is 8.55. The summed E-state index contributed by atoms with van der Waals surface area (Å²) in [5.41, 5.74) is 1.69. The molecule has 0 spiro atoms. The van der Waals surface area contributed by atoms with Crippen molar-refractivity contribution < 1.29 is 14.3 Å². The second kappa shape index (κ2) is 6.76. The van der Waals surface area contributed by atoms with Crippen molar-refractivity contribution in [2.75, 3.05) is 5.32 Å². The van der Waals surface area contributed by atoms with Crippen molar-refractivity contribution >= 4 is 28.3 Å². The minimum atomic E-state index is -0.796. The number of carboxylic acids is 1. The zero-order valence-corrected chi connectivity index (χ0v) is 16.6. The maximum Gasteiger partial charge on any atom is 0.308 e. The molecule has 0 saturated heterocycles. The standard InChI is InChI=1S/C22H21FN6O2/c23-15-7-9-29-18(15)21(26-17-12-5-3-11(4-6-12)16(17)22(30)31)27-20(28-29)14-10-25-19-13(14)2-1-8-24-19/h1-2,7-12,16-17H,3-6H2,(H,24,25)(H,30,31)(H,26,27,28)/t11?,12?,16-,17-/m0/s1. The molecule has 31 heavy (non-hydrogen) atoms. The quantitative estimate of drug-likeness (QED) is 0.464. The van der Waals surface area contributed by atoms with Gasteiger partial charge in [-0.3, -0.25) is 4.79 Å². The van der Waals surface area contributed by atoms with Gasteiger partial charge in [-0.15, -0.1) is 5.10 Å². The number of hydrogen-bond acceptors (Lipinski definition) is 5. The van der Waals surface area contributed by atoms with Crippen molar-refractivity contribution in [3.05, 3.63) is 42.6 Å². The number of aromatic nitrogens is 5. The number of anilines is 1. The van der Waals surface area contributed by atoms with Gasteiger partial charge in [0.1, 0.15) is 11.2 Å². The molecule has 4 aromatic heterocycles. The Hall–Kier alpha value is -3.49. The molecule has 2 bridgehead atoms. The maximum absolute atomic E-state index is 14.7. The number of carboxylic acid groups (broad SMARTS) is 1. The van der Waals surface area contributed by atoms with Crippen molar-refractivity contribution in [1.82, 2.24) is 24.6 Å². The predicted octanol–water partition coefficient (Wildman–Crippen LogP) is 3.71. The Morgan fingerprint density at radius 3 is 2.84 bits per heavy atom. The summed E-state index contributed by atoms with van der Waals surface area (Å²) in [6.45, 7) is 0. The highest BCUT2D eigenvalue weighted by molar-refractivity contribution is 5.92. The Kier molecular flexibility index (Phi) is 3.99. The van der Waals surface area contributed by atoms with Gasteiger partial charge < -0.3 is 15.4 Å². The fourth-order valence-corrected chi connectivity index (χ4v) is 5.51. The summed E-state index contributed by atoms with van der Waals surface area (Å²) >= 11 is 0. The van der Waals surface area contributed by atoms with E-state index in [-0.39, 0.29) is 23.4 Å². The first-order valence-electron chi connectivity index (χ1n) is 10.6. The van der Waals surface area contributed by atoms with Gasteiger partial charge in [-0.1, -0.05) is 0 Å². The molecule has 9 heteroatoms. The lowest BCUT2D eigenvalue weighted by Gasteiger charge is -2.47. The van der Waals surface area contributed by atoms with Gasteiger partial charge in [-0.05, 0) is 55.7 Å². The van der Waals surface area contributed by atoms with E-state index in [0.29, 0.717) is 17.3 Å². The van der Waals surface area contributed by atoms with Gasteiger partial charge in [0, 0.05) is 35.6 Å². The largest absolute Gasteiger partial charge is 0.481 e. The number of halogens is 1. The molecule has 7 rings (SSSR count). The van der Waals surface area contributed by atoms with Crippen LogP contribution in [0.15, 0.2) is 36.8 Å². The monoisotopic (exact) mass is 420 g/mol. The minimum Gasteiger partial charge on any atom is -0.481 e. The molecule has 4 heterocycles. The van der Waals surface area contributed by atoms with Gasteiger partial charge in [0.2, 0.25) is 0 Å². The van der Waals surface area contributed by atoms with Crippen LogP contribution in [0.2, 0.25) is 0 Å². The number of pyridine rings is 1. The molecular formula is C22H21FN6O2. The van der Waals surface area contributed by atoms with Crippen molar-refractivity contribution in [3.63, 3.8) is 0 Å². The third-order valence-electron chi connectivity index (χ3n) is 6.96. The van der Waals surface area contributed by atoms with Crippen LogP contribution in [0.25, 0.3) is 27.9 Å². The number of aromatic amines is 1. The Balaban J connectivity index is 1.48. The van der Waals surface area contributed by atoms with Crippen LogP contribution in [0, 0.1) is 23.6 Å². The number of rotatable bonds is 4. The van der Waals surface area contributed by atoms with Crippen LogP contribution in [0.3, 0.4) is 0 Å². The molecule has 0 aromatic carbocycles. The zero-order chi connectivity index (χ0) is 21.1. The van der Waals surface area contributed by atoms with E-state index in [1.165, 1.54) is 10.6 Å². The Bertz CT molecular complexity index is 1310. The fraction of sp³-hybridized carbons (Fsp3) is 0.364. The molecule has 3 fully saturated rings. The topological polar surface area (TPSA) is 108 Å². The molecule has 0 amide bonds. The van der Waals surface area contributed by atoms with E-state index < -0.39 is 17.7 Å². The van der Waals surface area contributed by atoms with Crippen molar-refractivity contribution in [2.24, 2.45) is 17.8 Å². The number of H-pyrrole nitrogens is 1. The SMILES string of the molecule is O=C(O)[C@H]1C2CCC(CC2)[C@@H]1Nc1nc(-c2c[nH]c3ncccc23)nn2ccc(F)c12. The van der Waals surface area contributed by atoms with Gasteiger partial charge in [-0.25, -0.2) is 18.9 Å². The smallest absolute Gasteiger partial charge is 0.308 e. The van der Waals surface area contributed by atoms with Crippen molar-refractivity contribution in [2.45, 2.75) is 31.7 Å². The van der Waals surface area contributed by atoms with Gasteiger partial charge in [0.05, 0.1) is 5.92 Å². The van der Waals surface area contributed by atoms with Crippen LogP contribution in [-0.4, -0.2) is 41.7 Å². The van der Waals surface area contributed by atoms with E-state index in [2.05, 4.69) is 25.4 Å². The third-order valence-corrected chi connectivity index (χ3v) is 6.96. The predicted molar refractivity (Wildman–Crippen MR) is 112 cm³/mol. The summed E-state index contributed by atoms with van der Waals surface area (Å²) in [5.74, 6) is -0.611. The molecule has 2 atom stereocenters. The number of fused-ring (bicyclic) bond motifs is 5. The Morgan fingerprint density at radius 1 is 1.23 bits per heavy atom. The summed E-state index contributed by atoms with van der Waals surface area (Å²) in [5, 5.41) is 18.6. The highest BCUT2D eigenvalue weighted by Crippen LogP contribution is 2.46. The van der Waals surface area contributed by atoms with Crippen LogP contribution in [0.5, 0.6) is 0 Å². The fourth-order valence-electron chi connectivity index (χ4n) is 5.51. The molecule has 0 unspecified atom stereocenters. The minimum absolute atomic E-state index is 0.147. The molecule has 3 aliphatic rings. The first-order chi connectivity index (χ1) is 15.1. The molecule has 158 valence electrons. The lowest BCUT2D eigenvalue weighted by atomic mass is 9.61. The van der Waals surface area contributed by atoms with E-state index in [1.807, 2.05) is 12.1 Å². The van der Waals surface area contributed by atoms with Crippen molar-refractivity contribution in [3.8, 4) is 11.4 Å². The number of nitrogens with zero attached hydrogens (tertiary/aromatic N) is 4. The Labute approximate surface area is 176 Å². The number of nitrogens with one attached hydrogen (secondary N) is 2. The molecular weight excluding hydrogens is 399 g/mol. The summed E-state index contributed by atoms with van der Waals surface area (Å²) < 4.78 is 16.1. The average Bonchev–Trinajstić information content (AvgIpc) is 3.38. The van der Waals surface area contributed by atoms with Crippen LogP contribution in [0.1, 0.15) is 25.7 Å². The molecule has 0 radical (unpaired) electrons. The lowest BCUT2D eigenvalue weighted by molar-refractivity contribution is -0.148. The first-order valence-corrected chi connectivity index (χ1v) is 10.6. The van der Waals surface area contributed by atoms with Crippen LogP contribution in [0.4, 0.5) is 10.2 Å². The molecule has 8 nitrogen and oxygen atoms in total. The third kappa shape index (κ3) is 2.79. The van der Waals surface area contributed by atoms with E-state index in [9.17, 15) is 14.3 Å². The number of hydrogen-bond donors (Lipinski definition) is 3. The summed E-state index contributed by atoms with van der Waals surface area (Å²) in [6, 6.07) is 4.82. The van der Waals surface area contributed by atoms with Crippen LogP contribution >= 0.6 is 0 Å². The van der Waals surface area contributed by atoms with E-state index >= 15 is 0 Å². The summed E-state index contributed by atoms with van der Waals surface area (Å²) in [4.78, 5) is 24.2. The average molecular weight is 420 g/mol. The number of aliphatic carboxylic acids is 1. The zero-order valence-electron chi connectivity index (χ0n) is 16.6. The van der Waals surface area contributed by atoms with Gasteiger partial charge in [0.15, 0.2) is 17.5 Å². The molecule has 3 N–H and O–H groups in total. The summed E-state index contributed by atoms with van der Waals surface area (Å²) in [7, 11) is 0. The van der Waals surface area contributed by atoms with Gasteiger partial charge in [0.25, 0.3) is 0 Å². The van der Waals surface area contributed by atoms with E-state index in [1.54, 1.807) is 18.6 Å². The molecule has 3 saturated carbocycles.